The van der Waals surface area contributed by atoms with Crippen LogP contribution in [0.15, 0.2) is 0 Å². The summed E-state index contributed by atoms with van der Waals surface area (Å²) >= 11 is 2.86. The number of unbranched alkanes of at least 4 members (excludes halogenated alkanes) is 6. The van der Waals surface area contributed by atoms with E-state index < -0.39 is 16.0 Å². The van der Waals surface area contributed by atoms with Crippen LogP contribution in [0, 0.1) is 10.1 Å². The van der Waals surface area contributed by atoms with Gasteiger partial charge >= 0.3 is 0 Å². The van der Waals surface area contributed by atoms with Crippen LogP contribution in [0.4, 0.5) is 0 Å². The molecule has 4 nitrogen and oxygen atoms in total. The van der Waals surface area contributed by atoms with Crippen molar-refractivity contribution in [3.05, 3.63) is 10.1 Å². The maximum atomic E-state index is 10.3. The van der Waals surface area contributed by atoms with Gasteiger partial charge in [-0.05, 0) is 22.4 Å². The van der Waals surface area contributed by atoms with Crippen LogP contribution in [-0.4, -0.2) is 21.1 Å². The minimum Gasteiger partial charge on any atom is -0.385 e. The van der Waals surface area contributed by atoms with Crippen molar-refractivity contribution in [1.29, 1.82) is 0 Å². The molecule has 0 saturated carbocycles. The van der Waals surface area contributed by atoms with Gasteiger partial charge in [0, 0.05) is 4.92 Å². The first-order valence-electron chi connectivity index (χ1n) is 6.05. The van der Waals surface area contributed by atoms with E-state index in [4.69, 9.17) is 0 Å². The summed E-state index contributed by atoms with van der Waals surface area (Å²) in [5.41, 5.74) is 0. The first kappa shape index (κ1) is 15.8. The van der Waals surface area contributed by atoms with E-state index in [9.17, 15) is 15.2 Å². The molecule has 16 heavy (non-hydrogen) atoms. The van der Waals surface area contributed by atoms with Crippen molar-refractivity contribution in [1.82, 2.24) is 0 Å². The lowest BCUT2D eigenvalue weighted by Gasteiger charge is -2.10. The Labute approximate surface area is 106 Å². The highest BCUT2D eigenvalue weighted by Crippen LogP contribution is 2.15. The zero-order valence-electron chi connectivity index (χ0n) is 9.90. The quantitative estimate of drug-likeness (QED) is 0.221. The van der Waals surface area contributed by atoms with Crippen LogP contribution in [0.2, 0.25) is 0 Å². The molecule has 0 aliphatic carbocycles. The summed E-state index contributed by atoms with van der Waals surface area (Å²) in [5.74, 6) is 0. The van der Waals surface area contributed by atoms with Crippen molar-refractivity contribution in [2.75, 3.05) is 0 Å². The Morgan fingerprint density at radius 1 is 1.19 bits per heavy atom. The number of alkyl halides is 1. The Kier molecular flexibility index (Phi) is 9.92. The fourth-order valence-electron chi connectivity index (χ4n) is 1.59. The number of aliphatic hydroxyl groups is 1. The van der Waals surface area contributed by atoms with Crippen LogP contribution in [0.25, 0.3) is 0 Å². The van der Waals surface area contributed by atoms with E-state index in [1.807, 2.05) is 0 Å². The van der Waals surface area contributed by atoms with Crippen molar-refractivity contribution >= 4 is 15.9 Å². The van der Waals surface area contributed by atoms with Crippen molar-refractivity contribution in [2.24, 2.45) is 0 Å². The van der Waals surface area contributed by atoms with Gasteiger partial charge in [0.15, 0.2) is 0 Å². The van der Waals surface area contributed by atoms with E-state index in [1.165, 1.54) is 25.7 Å². The zero-order chi connectivity index (χ0) is 12.4. The number of rotatable bonds is 10. The first-order valence-corrected chi connectivity index (χ1v) is 6.96. The molecule has 0 rings (SSSR count). The highest BCUT2D eigenvalue weighted by Gasteiger charge is 2.25. The van der Waals surface area contributed by atoms with E-state index in [0.717, 1.165) is 19.3 Å². The van der Waals surface area contributed by atoms with E-state index >= 15 is 0 Å². The molecular weight excluding hydrogens is 274 g/mol. The van der Waals surface area contributed by atoms with Gasteiger partial charge in [-0.2, -0.15) is 0 Å². The molecule has 0 aliphatic heterocycles. The number of nitrogens with zero attached hydrogens (tertiary/aromatic N) is 1. The Morgan fingerprint density at radius 3 is 2.19 bits per heavy atom. The monoisotopic (exact) mass is 295 g/mol. The highest BCUT2D eigenvalue weighted by atomic mass is 79.9. The minimum atomic E-state index is -1.02. The van der Waals surface area contributed by atoms with Gasteiger partial charge < -0.3 is 5.11 Å². The molecule has 0 amide bonds. The Hall–Kier alpha value is -0.160. The maximum Gasteiger partial charge on any atom is 0.291 e. The van der Waals surface area contributed by atoms with Crippen molar-refractivity contribution in [3.8, 4) is 0 Å². The number of hydrogen-bond donors (Lipinski definition) is 1. The molecule has 1 N–H and O–H groups in total. The highest BCUT2D eigenvalue weighted by molar-refractivity contribution is 9.09. The Bertz CT molecular complexity index is 190. The molecule has 0 saturated heterocycles. The van der Waals surface area contributed by atoms with Gasteiger partial charge in [0.05, 0.1) is 0 Å². The summed E-state index contributed by atoms with van der Waals surface area (Å²) in [7, 11) is 0. The molecule has 0 unspecified atom stereocenters. The van der Waals surface area contributed by atoms with Crippen LogP contribution >= 0.6 is 15.9 Å². The summed E-state index contributed by atoms with van der Waals surface area (Å²) in [6.07, 6.45) is 7.75. The van der Waals surface area contributed by atoms with Gasteiger partial charge in [-0.25, -0.2) is 0 Å². The van der Waals surface area contributed by atoms with Gasteiger partial charge in [-0.15, -0.1) is 0 Å². The minimum absolute atomic E-state index is 0.494. The van der Waals surface area contributed by atoms with Crippen molar-refractivity contribution in [3.63, 3.8) is 0 Å². The van der Waals surface area contributed by atoms with Gasteiger partial charge in [0.2, 0.25) is 0 Å². The summed E-state index contributed by atoms with van der Waals surface area (Å²) in [6, 6.07) is 0. The molecule has 2 atom stereocenters. The van der Waals surface area contributed by atoms with E-state index in [0.29, 0.717) is 6.42 Å². The van der Waals surface area contributed by atoms with E-state index in [2.05, 4.69) is 22.9 Å². The molecule has 0 aliphatic rings. The SMILES string of the molecule is CCCCCCCCC[C@H](O)[C@H](Br)[N+](=O)[O-]. The van der Waals surface area contributed by atoms with Crippen LogP contribution in [0.5, 0.6) is 0 Å². The topological polar surface area (TPSA) is 63.4 Å². The lowest BCUT2D eigenvalue weighted by Crippen LogP contribution is -2.27. The Morgan fingerprint density at radius 2 is 1.69 bits per heavy atom. The van der Waals surface area contributed by atoms with Crippen LogP contribution in [-0.2, 0) is 0 Å². The second kappa shape index (κ2) is 10.0. The third-order valence-corrected chi connectivity index (χ3v) is 3.57. The zero-order valence-corrected chi connectivity index (χ0v) is 11.5. The van der Waals surface area contributed by atoms with Crippen molar-refractivity contribution in [2.45, 2.75) is 69.3 Å². The lowest BCUT2D eigenvalue weighted by molar-refractivity contribution is -0.504. The number of hydrogen-bond acceptors (Lipinski definition) is 3. The number of aliphatic hydroxyl groups excluding tert-OH is 1. The molecule has 0 fully saturated rings. The summed E-state index contributed by atoms with van der Waals surface area (Å²) in [6.45, 7) is 2.18. The molecule has 0 aromatic rings. The second-order valence-corrected chi connectivity index (χ2v) is 5.07. The van der Waals surface area contributed by atoms with E-state index in [1.54, 1.807) is 0 Å². The number of nitro groups is 1. The first-order chi connectivity index (χ1) is 7.59. The standard InChI is InChI=1S/C11H22BrNO3/c1-2-3-4-5-6-7-8-9-10(14)11(12)13(15)16/h10-11,14H,2-9H2,1H3/t10-,11+/m0/s1. The number of halogens is 1. The molecule has 0 radical (unpaired) electrons. The average molecular weight is 296 g/mol. The molecule has 96 valence electrons. The predicted octanol–water partition coefficient (Wildman–Crippen LogP) is 3.49. The third-order valence-electron chi connectivity index (χ3n) is 2.62. The molecule has 0 bridgehead atoms. The van der Waals surface area contributed by atoms with Gasteiger partial charge in [-0.1, -0.05) is 51.9 Å². The molecule has 0 aromatic heterocycles. The average Bonchev–Trinajstić information content (AvgIpc) is 2.26. The smallest absolute Gasteiger partial charge is 0.291 e. The second-order valence-electron chi connectivity index (χ2n) is 4.14. The maximum absolute atomic E-state index is 10.3. The fraction of sp³-hybridized carbons (Fsp3) is 1.00. The predicted molar refractivity (Wildman–Crippen MR) is 68.3 cm³/mol. The van der Waals surface area contributed by atoms with E-state index in [-0.39, 0.29) is 0 Å². The molecular formula is C11H22BrNO3. The molecule has 0 heterocycles. The van der Waals surface area contributed by atoms with Gasteiger partial charge in [0.1, 0.15) is 6.10 Å². The summed E-state index contributed by atoms with van der Waals surface area (Å²) in [5, 5.41) is 19.8. The van der Waals surface area contributed by atoms with Gasteiger partial charge in [-0.3, -0.25) is 10.1 Å². The normalized spacial score (nSPS) is 14.7. The van der Waals surface area contributed by atoms with Crippen LogP contribution in [0.3, 0.4) is 0 Å². The van der Waals surface area contributed by atoms with Gasteiger partial charge in [0.25, 0.3) is 4.95 Å². The largest absolute Gasteiger partial charge is 0.385 e. The lowest BCUT2D eigenvalue weighted by atomic mass is 10.1. The Balaban J connectivity index is 3.34. The summed E-state index contributed by atoms with van der Waals surface area (Å²) in [4.78, 5) is 8.83. The fourth-order valence-corrected chi connectivity index (χ4v) is 1.85. The molecule has 0 spiro atoms. The molecule has 5 heteroatoms. The van der Waals surface area contributed by atoms with Crippen LogP contribution in [0.1, 0.15) is 58.3 Å². The molecule has 0 aromatic carbocycles. The van der Waals surface area contributed by atoms with Crippen LogP contribution < -0.4 is 0 Å². The van der Waals surface area contributed by atoms with Crippen molar-refractivity contribution < 1.29 is 10.0 Å². The third kappa shape index (κ3) is 8.05. The summed E-state index contributed by atoms with van der Waals surface area (Å²) < 4.78 is 0.